The quantitative estimate of drug-likeness (QED) is 0.0195. The molecule has 0 spiro atoms. The van der Waals surface area contributed by atoms with Crippen LogP contribution in [-0.4, -0.2) is 100 Å². The van der Waals surface area contributed by atoms with E-state index in [0.717, 1.165) is 83.5 Å². The smallest absolute Gasteiger partial charge is 0.305 e. The number of allylic oxidation sites excluding steroid dienone is 9. The molecule has 0 aliphatic carbocycles. The minimum atomic E-state index is -1.58. The van der Waals surface area contributed by atoms with Gasteiger partial charge < -0.3 is 45.1 Å². The number of aliphatic hydroxyl groups excluding tert-OH is 5. The molecule has 1 heterocycles. The molecule has 11 heteroatoms. The monoisotopic (exact) mass is 1060 g/mol. The molecule has 1 saturated heterocycles. The van der Waals surface area contributed by atoms with Crippen molar-refractivity contribution in [2.45, 2.75) is 314 Å². The van der Waals surface area contributed by atoms with E-state index in [1.807, 2.05) is 6.08 Å². The number of carbonyl (C=O) groups excluding carboxylic acids is 2. The van der Waals surface area contributed by atoms with E-state index in [4.69, 9.17) is 14.2 Å². The summed E-state index contributed by atoms with van der Waals surface area (Å²) in [7, 11) is 0. The van der Waals surface area contributed by atoms with Crippen LogP contribution in [0.25, 0.3) is 0 Å². The maximum absolute atomic E-state index is 13.0. The number of ether oxygens (including phenoxy) is 3. The first-order chi connectivity index (χ1) is 36.7. The molecule has 1 aliphatic rings. The molecule has 0 saturated carbocycles. The fourth-order valence-electron chi connectivity index (χ4n) is 9.36. The highest BCUT2D eigenvalue weighted by molar-refractivity contribution is 5.76. The molecule has 0 aromatic rings. The molecule has 6 N–H and O–H groups in total. The Morgan fingerprint density at radius 3 is 1.43 bits per heavy atom. The van der Waals surface area contributed by atoms with Crippen LogP contribution < -0.4 is 5.32 Å². The summed E-state index contributed by atoms with van der Waals surface area (Å²) in [6.45, 7) is 4.25. The molecule has 1 aliphatic heterocycles. The number of esters is 1. The Morgan fingerprint density at radius 2 is 0.907 bits per heavy atom. The van der Waals surface area contributed by atoms with Gasteiger partial charge in [0.05, 0.1) is 32.0 Å². The molecule has 75 heavy (non-hydrogen) atoms. The van der Waals surface area contributed by atoms with Gasteiger partial charge in [0.25, 0.3) is 0 Å². The lowest BCUT2D eigenvalue weighted by Crippen LogP contribution is -2.60. The Balaban J connectivity index is 2.01. The standard InChI is InChI=1S/C64H115NO10/c1-3-5-7-9-11-13-14-28-32-36-40-44-48-52-60(69)73-53-49-45-41-37-33-30-27-25-23-21-19-17-15-16-18-20-22-24-26-29-31-35-39-43-47-51-59(68)65-56(57(67)50-46-42-38-34-12-10-8-6-4-2)55-74-64-63(72)62(71)61(70)58(54-66)75-64/h12-14,16-19,34,46,50,56-58,61-64,66-67,70-72H,3-11,15,20-33,35-45,47-49,51-55H2,1-2H3,(H,65,68)/b14-13-,18-16-,19-17-,34-12+,50-46+. The van der Waals surface area contributed by atoms with E-state index < -0.39 is 49.5 Å². The van der Waals surface area contributed by atoms with Gasteiger partial charge in [-0.2, -0.15) is 0 Å². The molecule has 0 radical (unpaired) electrons. The second-order valence-corrected chi connectivity index (χ2v) is 21.4. The van der Waals surface area contributed by atoms with Crippen LogP contribution in [-0.2, 0) is 23.8 Å². The Morgan fingerprint density at radius 1 is 0.493 bits per heavy atom. The first kappa shape index (κ1) is 70.4. The third-order valence-corrected chi connectivity index (χ3v) is 14.3. The van der Waals surface area contributed by atoms with E-state index >= 15 is 0 Å². The number of hydrogen-bond donors (Lipinski definition) is 6. The Kier molecular flexibility index (Phi) is 50.1. The highest BCUT2D eigenvalue weighted by atomic mass is 16.7. The Hall–Kier alpha value is -2.64. The molecule has 1 fully saturated rings. The molecule has 0 aromatic carbocycles. The lowest BCUT2D eigenvalue weighted by atomic mass is 9.99. The predicted octanol–water partition coefficient (Wildman–Crippen LogP) is 14.6. The van der Waals surface area contributed by atoms with Gasteiger partial charge in [-0.15, -0.1) is 0 Å². The fraction of sp³-hybridized carbons (Fsp3) is 0.812. The van der Waals surface area contributed by atoms with Gasteiger partial charge in [-0.3, -0.25) is 9.59 Å². The maximum Gasteiger partial charge on any atom is 0.305 e. The van der Waals surface area contributed by atoms with Crippen LogP contribution in [0.4, 0.5) is 0 Å². The van der Waals surface area contributed by atoms with Crippen molar-refractivity contribution in [3.8, 4) is 0 Å². The molecule has 436 valence electrons. The maximum atomic E-state index is 13.0. The molecular formula is C64H115NO10. The molecule has 0 bridgehead atoms. The summed E-state index contributed by atoms with van der Waals surface area (Å²) in [5.41, 5.74) is 0. The molecule has 7 unspecified atom stereocenters. The molecule has 0 aromatic heterocycles. The van der Waals surface area contributed by atoms with Crippen molar-refractivity contribution in [3.63, 3.8) is 0 Å². The molecular weight excluding hydrogens is 943 g/mol. The number of aliphatic hydroxyl groups is 5. The largest absolute Gasteiger partial charge is 0.466 e. The third kappa shape index (κ3) is 43.0. The van der Waals surface area contributed by atoms with Gasteiger partial charge in [0.1, 0.15) is 24.4 Å². The summed E-state index contributed by atoms with van der Waals surface area (Å²) in [6, 6.07) is -0.832. The van der Waals surface area contributed by atoms with Crippen molar-refractivity contribution in [3.05, 3.63) is 60.8 Å². The van der Waals surface area contributed by atoms with Crippen LogP contribution in [0.5, 0.6) is 0 Å². The van der Waals surface area contributed by atoms with Gasteiger partial charge in [0.2, 0.25) is 5.91 Å². The Labute approximate surface area is 458 Å². The van der Waals surface area contributed by atoms with Crippen LogP contribution in [0.1, 0.15) is 271 Å². The summed E-state index contributed by atoms with van der Waals surface area (Å²) < 4.78 is 16.6. The van der Waals surface area contributed by atoms with Crippen LogP contribution in [0.3, 0.4) is 0 Å². The van der Waals surface area contributed by atoms with Crippen molar-refractivity contribution in [1.29, 1.82) is 0 Å². The first-order valence-electron chi connectivity index (χ1n) is 31.1. The van der Waals surface area contributed by atoms with Crippen LogP contribution in [0, 0.1) is 0 Å². The zero-order valence-electron chi connectivity index (χ0n) is 48.0. The Bertz CT molecular complexity index is 1430. The van der Waals surface area contributed by atoms with Crippen LogP contribution >= 0.6 is 0 Å². The van der Waals surface area contributed by atoms with Crippen LogP contribution in [0.2, 0.25) is 0 Å². The van der Waals surface area contributed by atoms with Crippen LogP contribution in [0.15, 0.2) is 60.8 Å². The minimum absolute atomic E-state index is 0.0120. The third-order valence-electron chi connectivity index (χ3n) is 14.3. The molecule has 11 nitrogen and oxygen atoms in total. The van der Waals surface area contributed by atoms with Gasteiger partial charge >= 0.3 is 5.97 Å². The first-order valence-corrected chi connectivity index (χ1v) is 31.1. The topological polar surface area (TPSA) is 175 Å². The van der Waals surface area contributed by atoms with E-state index in [2.05, 4.69) is 67.8 Å². The SMILES string of the molecule is CCCCC/C=C/CC/C=C/C(O)C(COC1OC(CO)C(O)C(O)C1O)NC(=O)CCCCCCCCCCC/C=C\C/C=C\CCCCCCCCCCCOC(=O)CCCCCCC/C=C\CCCCCC. The zero-order valence-corrected chi connectivity index (χ0v) is 48.0. The van der Waals surface area contributed by atoms with Gasteiger partial charge in [-0.25, -0.2) is 0 Å². The number of rotatable bonds is 53. The normalized spacial score (nSPS) is 19.2. The van der Waals surface area contributed by atoms with E-state index in [1.165, 1.54) is 161 Å². The fourth-order valence-corrected chi connectivity index (χ4v) is 9.36. The van der Waals surface area contributed by atoms with Crippen molar-refractivity contribution >= 4 is 11.9 Å². The number of carbonyl (C=O) groups is 2. The second kappa shape index (κ2) is 53.4. The van der Waals surface area contributed by atoms with Crippen molar-refractivity contribution in [2.75, 3.05) is 19.8 Å². The van der Waals surface area contributed by atoms with E-state index in [9.17, 15) is 35.1 Å². The summed E-state index contributed by atoms with van der Waals surface area (Å²) in [5.74, 6) is -0.214. The minimum Gasteiger partial charge on any atom is -0.466 e. The summed E-state index contributed by atoms with van der Waals surface area (Å²) >= 11 is 0. The van der Waals surface area contributed by atoms with E-state index in [-0.39, 0.29) is 18.5 Å². The van der Waals surface area contributed by atoms with Gasteiger partial charge in [-0.1, -0.05) is 216 Å². The average Bonchev–Trinajstić information content (AvgIpc) is 3.41. The zero-order chi connectivity index (χ0) is 54.5. The average molecular weight is 1060 g/mol. The molecule has 1 rings (SSSR count). The summed E-state index contributed by atoms with van der Waals surface area (Å²) in [5, 5.41) is 54.2. The van der Waals surface area contributed by atoms with E-state index in [1.54, 1.807) is 6.08 Å². The molecule has 7 atom stereocenters. The number of amides is 1. The summed E-state index contributed by atoms with van der Waals surface area (Å²) in [4.78, 5) is 25.0. The van der Waals surface area contributed by atoms with Crippen molar-refractivity contribution in [2.24, 2.45) is 0 Å². The van der Waals surface area contributed by atoms with Crippen molar-refractivity contribution in [1.82, 2.24) is 5.32 Å². The van der Waals surface area contributed by atoms with Gasteiger partial charge in [0, 0.05) is 12.8 Å². The predicted molar refractivity (Wildman–Crippen MR) is 310 cm³/mol. The van der Waals surface area contributed by atoms with Crippen molar-refractivity contribution < 1.29 is 49.3 Å². The van der Waals surface area contributed by atoms with Gasteiger partial charge in [0.15, 0.2) is 6.29 Å². The molecule has 1 amide bonds. The lowest BCUT2D eigenvalue weighted by Gasteiger charge is -2.40. The van der Waals surface area contributed by atoms with Gasteiger partial charge in [-0.05, 0) is 103 Å². The highest BCUT2D eigenvalue weighted by Gasteiger charge is 2.44. The highest BCUT2D eigenvalue weighted by Crippen LogP contribution is 2.23. The second-order valence-electron chi connectivity index (χ2n) is 21.4. The lowest BCUT2D eigenvalue weighted by molar-refractivity contribution is -0.302. The number of unbranched alkanes of at least 4 members (excludes halogenated alkanes) is 31. The summed E-state index contributed by atoms with van der Waals surface area (Å²) in [6.07, 6.45) is 59.1. The van der Waals surface area contributed by atoms with E-state index in [0.29, 0.717) is 19.4 Å². The number of hydrogen-bond acceptors (Lipinski definition) is 10. The number of nitrogens with one attached hydrogen (secondary N) is 1.